The molecule has 1 aliphatic rings. The van der Waals surface area contributed by atoms with Gasteiger partial charge in [-0.1, -0.05) is 6.92 Å². The summed E-state index contributed by atoms with van der Waals surface area (Å²) in [4.78, 5) is 0. The first-order valence-electron chi connectivity index (χ1n) is 5.50. The Morgan fingerprint density at radius 1 is 1.53 bits per heavy atom. The molecule has 84 valence electrons. The van der Waals surface area contributed by atoms with E-state index in [1.807, 2.05) is 11.8 Å². The number of thioether (sulfide) groups is 1. The largest absolute Gasteiger partial charge is 0.301 e. The molecule has 0 amide bonds. The van der Waals surface area contributed by atoms with Gasteiger partial charge in [0.1, 0.15) is 5.82 Å². The molecule has 0 saturated carbocycles. The monoisotopic (exact) mass is 245 g/mol. The third-order valence-electron chi connectivity index (χ3n) is 2.67. The highest BCUT2D eigenvalue weighted by Gasteiger charge is 2.19. The van der Waals surface area contributed by atoms with E-state index in [1.54, 1.807) is 0 Å². The second-order valence-electron chi connectivity index (χ2n) is 3.88. The Labute approximate surface area is 99.6 Å². The minimum Gasteiger partial charge on any atom is -0.301 e. The summed E-state index contributed by atoms with van der Waals surface area (Å²) in [5, 5.41) is 9.32. The van der Waals surface area contributed by atoms with E-state index in [4.69, 9.17) is 11.6 Å². The summed E-state index contributed by atoms with van der Waals surface area (Å²) in [6.07, 6.45) is 4.69. The van der Waals surface area contributed by atoms with Gasteiger partial charge in [0.2, 0.25) is 5.28 Å². The molecule has 1 unspecified atom stereocenters. The SMILES string of the molecule is CCCc1nnc(Cl)n1CC1CCCS1. The van der Waals surface area contributed by atoms with Crippen molar-refractivity contribution < 1.29 is 0 Å². The third-order valence-corrected chi connectivity index (χ3v) is 4.33. The van der Waals surface area contributed by atoms with Crippen LogP contribution in [-0.2, 0) is 13.0 Å². The number of aryl methyl sites for hydroxylation is 1. The summed E-state index contributed by atoms with van der Waals surface area (Å²) < 4.78 is 2.08. The van der Waals surface area contributed by atoms with E-state index in [9.17, 15) is 0 Å². The molecular weight excluding hydrogens is 230 g/mol. The van der Waals surface area contributed by atoms with Gasteiger partial charge in [0.15, 0.2) is 0 Å². The van der Waals surface area contributed by atoms with Crippen LogP contribution >= 0.6 is 23.4 Å². The van der Waals surface area contributed by atoms with Crippen molar-refractivity contribution in [2.45, 2.75) is 44.4 Å². The molecule has 1 aliphatic heterocycles. The number of aromatic nitrogens is 3. The van der Waals surface area contributed by atoms with Gasteiger partial charge in [-0.3, -0.25) is 0 Å². The van der Waals surface area contributed by atoms with Crippen LogP contribution in [0.5, 0.6) is 0 Å². The van der Waals surface area contributed by atoms with Crippen molar-refractivity contribution in [3.63, 3.8) is 0 Å². The normalized spacial score (nSPS) is 21.1. The summed E-state index contributed by atoms with van der Waals surface area (Å²) in [6, 6.07) is 0. The number of rotatable bonds is 4. The standard InChI is InChI=1S/C10H16ClN3S/c1-2-4-9-12-13-10(11)14(9)7-8-5-3-6-15-8/h8H,2-7H2,1H3. The quantitative estimate of drug-likeness (QED) is 0.817. The van der Waals surface area contributed by atoms with E-state index in [0.29, 0.717) is 10.5 Å². The molecule has 2 rings (SSSR count). The van der Waals surface area contributed by atoms with Crippen LogP contribution in [0, 0.1) is 0 Å². The summed E-state index contributed by atoms with van der Waals surface area (Å²) in [5.41, 5.74) is 0. The highest BCUT2D eigenvalue weighted by atomic mass is 35.5. The van der Waals surface area contributed by atoms with E-state index >= 15 is 0 Å². The summed E-state index contributed by atoms with van der Waals surface area (Å²) in [5.74, 6) is 2.32. The Balaban J connectivity index is 2.07. The van der Waals surface area contributed by atoms with Gasteiger partial charge in [-0.2, -0.15) is 11.8 Å². The first kappa shape index (κ1) is 11.3. The van der Waals surface area contributed by atoms with Gasteiger partial charge in [-0.25, -0.2) is 0 Å². The smallest absolute Gasteiger partial charge is 0.225 e. The van der Waals surface area contributed by atoms with E-state index in [-0.39, 0.29) is 0 Å². The molecule has 0 radical (unpaired) electrons. The highest BCUT2D eigenvalue weighted by molar-refractivity contribution is 8.00. The first-order chi connectivity index (χ1) is 7.31. The zero-order valence-electron chi connectivity index (χ0n) is 8.95. The molecule has 0 aliphatic carbocycles. The van der Waals surface area contributed by atoms with E-state index in [1.165, 1.54) is 18.6 Å². The Morgan fingerprint density at radius 3 is 3.07 bits per heavy atom. The van der Waals surface area contributed by atoms with Crippen LogP contribution in [0.1, 0.15) is 32.0 Å². The lowest BCUT2D eigenvalue weighted by molar-refractivity contribution is 0.605. The van der Waals surface area contributed by atoms with Crippen LogP contribution in [0.3, 0.4) is 0 Å². The minimum absolute atomic E-state index is 0.547. The molecule has 5 heteroatoms. The fraction of sp³-hybridized carbons (Fsp3) is 0.800. The third kappa shape index (κ3) is 2.67. The number of nitrogens with zero attached hydrogens (tertiary/aromatic N) is 3. The molecule has 1 fully saturated rings. The Hall–Kier alpha value is -0.220. The van der Waals surface area contributed by atoms with Crippen LogP contribution in [0.4, 0.5) is 0 Å². The van der Waals surface area contributed by atoms with Crippen LogP contribution in [0.2, 0.25) is 5.28 Å². The summed E-state index contributed by atoms with van der Waals surface area (Å²) >= 11 is 8.08. The molecule has 15 heavy (non-hydrogen) atoms. The predicted molar refractivity (Wildman–Crippen MR) is 64.5 cm³/mol. The zero-order valence-corrected chi connectivity index (χ0v) is 10.5. The lowest BCUT2D eigenvalue weighted by atomic mass is 10.2. The molecule has 0 spiro atoms. The molecule has 0 aromatic carbocycles. The summed E-state index contributed by atoms with van der Waals surface area (Å²) in [6.45, 7) is 3.13. The van der Waals surface area contributed by atoms with Gasteiger partial charge in [0, 0.05) is 18.2 Å². The van der Waals surface area contributed by atoms with Gasteiger partial charge < -0.3 is 4.57 Å². The Morgan fingerprint density at radius 2 is 2.40 bits per heavy atom. The Bertz CT molecular complexity index is 320. The molecule has 3 nitrogen and oxygen atoms in total. The lowest BCUT2D eigenvalue weighted by Crippen LogP contribution is -2.13. The van der Waals surface area contributed by atoms with Crippen LogP contribution in [-0.4, -0.2) is 25.8 Å². The molecule has 1 aromatic rings. The summed E-state index contributed by atoms with van der Waals surface area (Å²) in [7, 11) is 0. The van der Waals surface area contributed by atoms with Crippen LogP contribution in [0.15, 0.2) is 0 Å². The molecule has 1 aromatic heterocycles. The van der Waals surface area contributed by atoms with Crippen molar-refractivity contribution in [3.05, 3.63) is 11.1 Å². The second-order valence-corrected chi connectivity index (χ2v) is 5.63. The van der Waals surface area contributed by atoms with Gasteiger partial charge in [0.05, 0.1) is 0 Å². The molecule has 0 N–H and O–H groups in total. The van der Waals surface area contributed by atoms with Crippen molar-refractivity contribution in [1.29, 1.82) is 0 Å². The predicted octanol–water partition coefficient (Wildman–Crippen LogP) is 2.78. The number of halogens is 1. The zero-order chi connectivity index (χ0) is 10.7. The molecule has 1 atom stereocenters. The molecular formula is C10H16ClN3S. The van der Waals surface area contributed by atoms with Crippen molar-refractivity contribution in [2.75, 3.05) is 5.75 Å². The Kier molecular flexibility index (Phi) is 3.92. The average molecular weight is 246 g/mol. The maximum Gasteiger partial charge on any atom is 0.225 e. The van der Waals surface area contributed by atoms with Gasteiger partial charge in [-0.15, -0.1) is 10.2 Å². The molecule has 2 heterocycles. The molecule has 1 saturated heterocycles. The number of hydrogen-bond donors (Lipinski definition) is 0. The van der Waals surface area contributed by atoms with Crippen molar-refractivity contribution in [3.8, 4) is 0 Å². The fourth-order valence-corrected chi connectivity index (χ4v) is 3.35. The average Bonchev–Trinajstić information content (AvgIpc) is 2.83. The van der Waals surface area contributed by atoms with Crippen molar-refractivity contribution >= 4 is 23.4 Å². The maximum atomic E-state index is 6.04. The lowest BCUT2D eigenvalue weighted by Gasteiger charge is -2.11. The molecule has 0 bridgehead atoms. The van der Waals surface area contributed by atoms with Crippen molar-refractivity contribution in [2.24, 2.45) is 0 Å². The minimum atomic E-state index is 0.547. The second kappa shape index (κ2) is 5.21. The topological polar surface area (TPSA) is 30.7 Å². The fourth-order valence-electron chi connectivity index (χ4n) is 1.89. The van der Waals surface area contributed by atoms with Crippen molar-refractivity contribution in [1.82, 2.24) is 14.8 Å². The van der Waals surface area contributed by atoms with Crippen LogP contribution in [0.25, 0.3) is 0 Å². The maximum absolute atomic E-state index is 6.04. The van der Waals surface area contributed by atoms with Gasteiger partial charge in [-0.05, 0) is 36.6 Å². The van der Waals surface area contributed by atoms with E-state index in [0.717, 1.165) is 25.2 Å². The van der Waals surface area contributed by atoms with Crippen LogP contribution < -0.4 is 0 Å². The van der Waals surface area contributed by atoms with Gasteiger partial charge in [0.25, 0.3) is 0 Å². The van der Waals surface area contributed by atoms with E-state index < -0.39 is 0 Å². The highest BCUT2D eigenvalue weighted by Crippen LogP contribution is 2.28. The van der Waals surface area contributed by atoms with E-state index in [2.05, 4.69) is 21.7 Å². The first-order valence-corrected chi connectivity index (χ1v) is 6.93. The number of hydrogen-bond acceptors (Lipinski definition) is 3. The van der Waals surface area contributed by atoms with Gasteiger partial charge >= 0.3 is 0 Å².